The fourth-order valence-corrected chi connectivity index (χ4v) is 2.87. The van der Waals surface area contributed by atoms with E-state index in [4.69, 9.17) is 16.3 Å². The second kappa shape index (κ2) is 8.27. The maximum absolute atomic E-state index is 12.2. The van der Waals surface area contributed by atoms with Gasteiger partial charge in [0.25, 0.3) is 5.91 Å². The molecule has 0 fully saturated rings. The van der Waals surface area contributed by atoms with Crippen molar-refractivity contribution >= 4 is 29.2 Å². The number of halogens is 1. The second-order valence-electron chi connectivity index (χ2n) is 6.44. The van der Waals surface area contributed by atoms with Gasteiger partial charge in [-0.3, -0.25) is 4.79 Å². The molecule has 2 aromatic carbocycles. The number of hydrogen-bond acceptors (Lipinski definition) is 4. The van der Waals surface area contributed by atoms with Crippen LogP contribution in [-0.2, 0) is 9.53 Å². The van der Waals surface area contributed by atoms with Crippen molar-refractivity contribution in [3.63, 3.8) is 0 Å². The molecule has 7 heteroatoms. The molecule has 0 radical (unpaired) electrons. The summed E-state index contributed by atoms with van der Waals surface area (Å²) in [6.07, 6.45) is 0. The number of rotatable bonds is 5. The van der Waals surface area contributed by atoms with Crippen LogP contribution in [0.2, 0.25) is 5.02 Å². The number of aromatic nitrogens is 2. The molecule has 0 aliphatic heterocycles. The van der Waals surface area contributed by atoms with Gasteiger partial charge in [0.05, 0.1) is 27.7 Å². The van der Waals surface area contributed by atoms with E-state index in [1.54, 1.807) is 35.0 Å². The van der Waals surface area contributed by atoms with Crippen LogP contribution < -0.4 is 5.32 Å². The van der Waals surface area contributed by atoms with Gasteiger partial charge in [-0.15, -0.1) is 0 Å². The van der Waals surface area contributed by atoms with E-state index < -0.39 is 11.9 Å². The van der Waals surface area contributed by atoms with Gasteiger partial charge in [-0.25, -0.2) is 9.48 Å². The summed E-state index contributed by atoms with van der Waals surface area (Å²) in [6, 6.07) is 14.1. The molecule has 0 saturated carbocycles. The molecule has 0 unspecified atom stereocenters. The average Bonchev–Trinajstić information content (AvgIpc) is 2.93. The van der Waals surface area contributed by atoms with Gasteiger partial charge in [0.1, 0.15) is 0 Å². The number of anilines is 1. The zero-order valence-electron chi connectivity index (χ0n) is 15.8. The summed E-state index contributed by atoms with van der Waals surface area (Å²) in [7, 11) is 0. The Morgan fingerprint density at radius 1 is 1.11 bits per heavy atom. The lowest BCUT2D eigenvalue weighted by molar-refractivity contribution is -0.119. The first-order valence-electron chi connectivity index (χ1n) is 8.71. The summed E-state index contributed by atoms with van der Waals surface area (Å²) in [5.41, 5.74) is 4.37. The van der Waals surface area contributed by atoms with Crippen molar-refractivity contribution in [2.45, 2.75) is 20.8 Å². The van der Waals surface area contributed by atoms with Crippen LogP contribution in [0.3, 0.4) is 0 Å². The summed E-state index contributed by atoms with van der Waals surface area (Å²) in [5, 5.41) is 7.68. The second-order valence-corrected chi connectivity index (χ2v) is 6.82. The van der Waals surface area contributed by atoms with Crippen molar-refractivity contribution in [3.8, 4) is 5.69 Å². The van der Waals surface area contributed by atoms with Crippen molar-refractivity contribution < 1.29 is 14.3 Å². The Labute approximate surface area is 168 Å². The molecule has 1 amide bonds. The van der Waals surface area contributed by atoms with E-state index in [1.165, 1.54) is 0 Å². The van der Waals surface area contributed by atoms with Crippen LogP contribution in [0.25, 0.3) is 5.69 Å². The normalized spacial score (nSPS) is 10.6. The van der Waals surface area contributed by atoms with Gasteiger partial charge in [-0.1, -0.05) is 23.7 Å². The molecular weight excluding hydrogens is 378 g/mol. The summed E-state index contributed by atoms with van der Waals surface area (Å²) in [5.74, 6) is -0.967. The predicted octanol–water partition coefficient (Wildman–Crippen LogP) is 4.25. The zero-order valence-corrected chi connectivity index (χ0v) is 16.6. The van der Waals surface area contributed by atoms with Gasteiger partial charge >= 0.3 is 5.97 Å². The molecule has 144 valence electrons. The molecule has 0 bridgehead atoms. The molecule has 1 aromatic heterocycles. The van der Waals surface area contributed by atoms with Gasteiger partial charge < -0.3 is 10.1 Å². The third kappa shape index (κ3) is 4.40. The van der Waals surface area contributed by atoms with Gasteiger partial charge in [0.15, 0.2) is 6.61 Å². The number of hydrogen-bond donors (Lipinski definition) is 1. The first-order valence-corrected chi connectivity index (χ1v) is 9.09. The molecule has 6 nitrogen and oxygen atoms in total. The third-order valence-electron chi connectivity index (χ3n) is 4.19. The lowest BCUT2D eigenvalue weighted by Gasteiger charge is -2.08. The number of benzene rings is 2. The molecule has 0 atom stereocenters. The van der Waals surface area contributed by atoms with Crippen LogP contribution >= 0.6 is 11.6 Å². The maximum Gasteiger partial charge on any atom is 0.338 e. The van der Waals surface area contributed by atoms with Gasteiger partial charge in [0.2, 0.25) is 0 Å². The number of carbonyl (C=O) groups excluding carboxylic acids is 2. The number of esters is 1. The quantitative estimate of drug-likeness (QED) is 0.653. The van der Waals surface area contributed by atoms with Gasteiger partial charge in [-0.2, -0.15) is 5.10 Å². The minimum atomic E-state index is -0.572. The van der Waals surface area contributed by atoms with Crippen LogP contribution in [0.15, 0.2) is 48.5 Å². The largest absolute Gasteiger partial charge is 0.452 e. The highest BCUT2D eigenvalue weighted by Gasteiger charge is 2.13. The van der Waals surface area contributed by atoms with Crippen molar-refractivity contribution in [2.75, 3.05) is 11.9 Å². The van der Waals surface area contributed by atoms with Gasteiger partial charge in [0, 0.05) is 5.69 Å². The summed E-state index contributed by atoms with van der Waals surface area (Å²) in [6.45, 7) is 5.28. The number of amides is 1. The van der Waals surface area contributed by atoms with Crippen LogP contribution in [0, 0.1) is 20.8 Å². The van der Waals surface area contributed by atoms with Gasteiger partial charge in [-0.05, 0) is 62.7 Å². The highest BCUT2D eigenvalue weighted by molar-refractivity contribution is 6.31. The van der Waals surface area contributed by atoms with Crippen molar-refractivity contribution in [3.05, 3.63) is 76.1 Å². The molecule has 0 spiro atoms. The third-order valence-corrected chi connectivity index (χ3v) is 4.73. The summed E-state index contributed by atoms with van der Waals surface area (Å²) in [4.78, 5) is 24.1. The molecule has 3 aromatic rings. The summed E-state index contributed by atoms with van der Waals surface area (Å²) < 4.78 is 6.80. The molecule has 1 N–H and O–H groups in total. The highest BCUT2D eigenvalue weighted by Crippen LogP contribution is 2.22. The number of ether oxygens (including phenoxy) is 1. The number of aryl methyl sites for hydroxylation is 2. The molecule has 0 aliphatic carbocycles. The van der Waals surface area contributed by atoms with E-state index >= 15 is 0 Å². The van der Waals surface area contributed by atoms with E-state index in [1.807, 2.05) is 39.0 Å². The van der Waals surface area contributed by atoms with Crippen molar-refractivity contribution in [2.24, 2.45) is 0 Å². The smallest absolute Gasteiger partial charge is 0.338 e. The summed E-state index contributed by atoms with van der Waals surface area (Å²) >= 11 is 6.17. The SMILES string of the molecule is Cc1cccc(NC(=O)COC(=O)c2ccc(-n3nc(C)c(Cl)c3C)cc2)c1. The number of nitrogens with zero attached hydrogens (tertiary/aromatic N) is 2. The molecular formula is C21H20ClN3O3. The average molecular weight is 398 g/mol. The lowest BCUT2D eigenvalue weighted by atomic mass is 10.2. The van der Waals surface area contributed by atoms with Crippen LogP contribution in [-0.4, -0.2) is 28.3 Å². The lowest BCUT2D eigenvalue weighted by Crippen LogP contribution is -2.21. The Kier molecular flexibility index (Phi) is 5.80. The van der Waals surface area contributed by atoms with E-state index in [9.17, 15) is 9.59 Å². The molecule has 0 saturated heterocycles. The monoisotopic (exact) mass is 397 g/mol. The zero-order chi connectivity index (χ0) is 20.3. The fraction of sp³-hybridized carbons (Fsp3) is 0.190. The Morgan fingerprint density at radius 2 is 1.82 bits per heavy atom. The van der Waals surface area contributed by atoms with Crippen molar-refractivity contribution in [1.29, 1.82) is 0 Å². The minimum absolute atomic E-state index is 0.347. The predicted molar refractivity (Wildman–Crippen MR) is 108 cm³/mol. The molecule has 1 heterocycles. The van der Waals surface area contributed by atoms with Crippen molar-refractivity contribution in [1.82, 2.24) is 9.78 Å². The van der Waals surface area contributed by atoms with Crippen LogP contribution in [0.4, 0.5) is 5.69 Å². The highest BCUT2D eigenvalue weighted by atomic mass is 35.5. The van der Waals surface area contributed by atoms with Crippen LogP contribution in [0.1, 0.15) is 27.3 Å². The number of nitrogens with one attached hydrogen (secondary N) is 1. The van der Waals surface area contributed by atoms with E-state index in [-0.39, 0.29) is 6.61 Å². The molecule has 3 rings (SSSR count). The minimum Gasteiger partial charge on any atom is -0.452 e. The molecule has 0 aliphatic rings. The topological polar surface area (TPSA) is 73.2 Å². The first kappa shape index (κ1) is 19.6. The number of carbonyl (C=O) groups is 2. The fourth-order valence-electron chi connectivity index (χ4n) is 2.75. The Balaban J connectivity index is 1.60. The van der Waals surface area contributed by atoms with E-state index in [0.717, 1.165) is 22.6 Å². The van der Waals surface area contributed by atoms with Crippen LogP contribution in [0.5, 0.6) is 0 Å². The standard InChI is InChI=1S/C21H20ClN3O3/c1-13-5-4-6-17(11-13)23-19(26)12-28-21(27)16-7-9-18(10-8-16)25-15(3)20(22)14(2)24-25/h4-11H,12H2,1-3H3,(H,23,26). The Morgan fingerprint density at radius 3 is 2.43 bits per heavy atom. The van der Waals surface area contributed by atoms with E-state index in [0.29, 0.717) is 16.3 Å². The van der Waals surface area contributed by atoms with E-state index in [2.05, 4.69) is 10.4 Å². The maximum atomic E-state index is 12.2. The Bertz CT molecular complexity index is 1030. The molecule has 28 heavy (non-hydrogen) atoms. The first-order chi connectivity index (χ1) is 13.3. The Hall–Kier alpha value is -3.12.